The molecule has 0 saturated carbocycles. The van der Waals surface area contributed by atoms with Crippen molar-refractivity contribution in [3.05, 3.63) is 12.7 Å². The smallest absolute Gasteiger partial charge is 0.182 e. The zero-order valence-corrected chi connectivity index (χ0v) is 10.2. The average molecular weight is 252 g/mol. The summed E-state index contributed by atoms with van der Waals surface area (Å²) in [4.78, 5) is 18.0. The Balaban J connectivity index is 1.87. The van der Waals surface area contributed by atoms with Gasteiger partial charge in [0.1, 0.15) is 11.8 Å². The van der Waals surface area contributed by atoms with Crippen molar-refractivity contribution in [1.82, 2.24) is 19.9 Å². The second-order valence-corrected chi connectivity index (χ2v) is 4.75. The van der Waals surface area contributed by atoms with E-state index in [2.05, 4.69) is 24.8 Å². The van der Waals surface area contributed by atoms with Crippen molar-refractivity contribution < 1.29 is 0 Å². The van der Waals surface area contributed by atoms with Crippen molar-refractivity contribution in [2.75, 3.05) is 23.9 Å². The molecule has 5 nitrogen and oxygen atoms in total. The van der Waals surface area contributed by atoms with E-state index < -0.39 is 0 Å². The fourth-order valence-corrected chi connectivity index (χ4v) is 2.72. The number of hydrogen-bond donors (Lipinski definition) is 1. The van der Waals surface area contributed by atoms with Crippen molar-refractivity contribution in [2.24, 2.45) is 5.92 Å². The topological polar surface area (TPSA) is 57.7 Å². The van der Waals surface area contributed by atoms with E-state index in [0.29, 0.717) is 5.92 Å². The Kier molecular flexibility index (Phi) is 2.84. The Morgan fingerprint density at radius 3 is 3.24 bits per heavy atom. The highest BCUT2D eigenvalue weighted by molar-refractivity contribution is 6.17. The van der Waals surface area contributed by atoms with Crippen LogP contribution in [0.3, 0.4) is 0 Å². The van der Waals surface area contributed by atoms with E-state index in [-0.39, 0.29) is 0 Å². The second-order valence-electron chi connectivity index (χ2n) is 4.38. The van der Waals surface area contributed by atoms with Crippen LogP contribution in [-0.4, -0.2) is 38.9 Å². The van der Waals surface area contributed by atoms with Gasteiger partial charge in [-0.2, -0.15) is 0 Å². The minimum Gasteiger partial charge on any atom is -0.354 e. The molecule has 3 rings (SSSR count). The summed E-state index contributed by atoms with van der Waals surface area (Å²) >= 11 is 5.79. The first-order valence-electron chi connectivity index (χ1n) is 5.83. The number of alkyl halides is 1. The van der Waals surface area contributed by atoms with Gasteiger partial charge in [-0.3, -0.25) is 0 Å². The van der Waals surface area contributed by atoms with Gasteiger partial charge < -0.3 is 9.88 Å². The minimum absolute atomic E-state index is 0.681. The molecule has 1 aliphatic heterocycles. The summed E-state index contributed by atoms with van der Waals surface area (Å²) in [7, 11) is 0. The SMILES string of the molecule is ClCCC1CCN(c2ncnc3nc[nH]c23)C1. The molecule has 3 heterocycles. The molecule has 6 heteroatoms. The van der Waals surface area contributed by atoms with E-state index in [9.17, 15) is 0 Å². The van der Waals surface area contributed by atoms with Crippen LogP contribution in [0.15, 0.2) is 12.7 Å². The highest BCUT2D eigenvalue weighted by Gasteiger charge is 2.24. The van der Waals surface area contributed by atoms with Crippen molar-refractivity contribution >= 4 is 28.6 Å². The third-order valence-electron chi connectivity index (χ3n) is 3.31. The lowest BCUT2D eigenvalue weighted by Crippen LogP contribution is -2.21. The number of halogens is 1. The lowest BCUT2D eigenvalue weighted by molar-refractivity contribution is 0.572. The number of anilines is 1. The standard InChI is InChI=1S/C11H14ClN5/c12-3-1-8-2-4-17(5-8)11-9-10(14-6-13-9)15-7-16-11/h6-8H,1-5H2,(H,13,14,15,16). The number of aromatic amines is 1. The largest absolute Gasteiger partial charge is 0.354 e. The zero-order valence-electron chi connectivity index (χ0n) is 9.43. The number of nitrogens with zero attached hydrogens (tertiary/aromatic N) is 4. The number of aromatic nitrogens is 4. The normalized spacial score (nSPS) is 20.3. The second kappa shape index (κ2) is 4.49. The van der Waals surface area contributed by atoms with Gasteiger partial charge in [0.15, 0.2) is 11.5 Å². The van der Waals surface area contributed by atoms with Crippen molar-refractivity contribution in [2.45, 2.75) is 12.8 Å². The van der Waals surface area contributed by atoms with Crippen LogP contribution >= 0.6 is 11.6 Å². The third kappa shape index (κ3) is 1.95. The first-order chi connectivity index (χ1) is 8.38. The van der Waals surface area contributed by atoms with Crippen molar-refractivity contribution in [3.63, 3.8) is 0 Å². The van der Waals surface area contributed by atoms with Crippen LogP contribution < -0.4 is 4.90 Å². The van der Waals surface area contributed by atoms with Gasteiger partial charge in [0.2, 0.25) is 0 Å². The third-order valence-corrected chi connectivity index (χ3v) is 3.52. The van der Waals surface area contributed by atoms with Crippen LogP contribution in [0.4, 0.5) is 5.82 Å². The lowest BCUT2D eigenvalue weighted by Gasteiger charge is -2.17. The van der Waals surface area contributed by atoms with E-state index in [0.717, 1.165) is 42.4 Å². The molecule has 1 N–H and O–H groups in total. The Morgan fingerprint density at radius 2 is 2.35 bits per heavy atom. The van der Waals surface area contributed by atoms with Crippen LogP contribution in [0.25, 0.3) is 11.2 Å². The molecule has 0 radical (unpaired) electrons. The summed E-state index contributed by atoms with van der Waals surface area (Å²) in [5.41, 5.74) is 1.66. The minimum atomic E-state index is 0.681. The Labute approximate surface area is 104 Å². The van der Waals surface area contributed by atoms with Crippen LogP contribution in [0.5, 0.6) is 0 Å². The van der Waals surface area contributed by atoms with E-state index in [1.165, 1.54) is 6.42 Å². The Hall–Kier alpha value is -1.36. The summed E-state index contributed by atoms with van der Waals surface area (Å²) in [6, 6.07) is 0. The Bertz CT molecular complexity index is 511. The van der Waals surface area contributed by atoms with Gasteiger partial charge in [-0.1, -0.05) is 0 Å². The molecule has 1 atom stereocenters. The fourth-order valence-electron chi connectivity index (χ4n) is 2.41. The quantitative estimate of drug-likeness (QED) is 0.846. The van der Waals surface area contributed by atoms with Gasteiger partial charge >= 0.3 is 0 Å². The molecule has 0 amide bonds. The fraction of sp³-hybridized carbons (Fsp3) is 0.545. The molecular formula is C11H14ClN5. The van der Waals surface area contributed by atoms with E-state index in [4.69, 9.17) is 11.6 Å². The molecule has 90 valence electrons. The number of imidazole rings is 1. The van der Waals surface area contributed by atoms with E-state index in [1.807, 2.05) is 0 Å². The van der Waals surface area contributed by atoms with Crippen LogP contribution in [0, 0.1) is 5.92 Å². The van der Waals surface area contributed by atoms with Crippen LogP contribution in [-0.2, 0) is 0 Å². The molecule has 0 aromatic carbocycles. The van der Waals surface area contributed by atoms with Crippen LogP contribution in [0.2, 0.25) is 0 Å². The molecule has 0 aliphatic carbocycles. The molecule has 0 bridgehead atoms. The van der Waals surface area contributed by atoms with Gasteiger partial charge in [0, 0.05) is 19.0 Å². The highest BCUT2D eigenvalue weighted by atomic mass is 35.5. The average Bonchev–Trinajstić information content (AvgIpc) is 2.96. The van der Waals surface area contributed by atoms with Gasteiger partial charge in [0.05, 0.1) is 6.33 Å². The molecule has 2 aromatic rings. The molecule has 1 fully saturated rings. The maximum atomic E-state index is 5.79. The number of rotatable bonds is 3. The predicted octanol–water partition coefficient (Wildman–Crippen LogP) is 1.81. The molecule has 1 aliphatic rings. The van der Waals surface area contributed by atoms with Crippen molar-refractivity contribution in [3.8, 4) is 0 Å². The van der Waals surface area contributed by atoms with E-state index >= 15 is 0 Å². The van der Waals surface area contributed by atoms with Gasteiger partial charge in [0.25, 0.3) is 0 Å². The molecule has 2 aromatic heterocycles. The molecule has 0 spiro atoms. The highest BCUT2D eigenvalue weighted by Crippen LogP contribution is 2.27. The maximum Gasteiger partial charge on any atom is 0.182 e. The summed E-state index contributed by atoms with van der Waals surface area (Å²) in [6.45, 7) is 2.06. The number of hydrogen-bond acceptors (Lipinski definition) is 4. The number of fused-ring (bicyclic) bond motifs is 1. The van der Waals surface area contributed by atoms with Gasteiger partial charge in [-0.05, 0) is 18.8 Å². The molecule has 1 saturated heterocycles. The summed E-state index contributed by atoms with van der Waals surface area (Å²) < 4.78 is 0. The molecule has 1 unspecified atom stereocenters. The number of nitrogens with one attached hydrogen (secondary N) is 1. The predicted molar refractivity (Wildman–Crippen MR) is 67.3 cm³/mol. The first-order valence-corrected chi connectivity index (χ1v) is 6.37. The van der Waals surface area contributed by atoms with Gasteiger partial charge in [-0.15, -0.1) is 11.6 Å². The van der Waals surface area contributed by atoms with Crippen LogP contribution in [0.1, 0.15) is 12.8 Å². The summed E-state index contributed by atoms with van der Waals surface area (Å²) in [6.07, 6.45) is 5.50. The van der Waals surface area contributed by atoms with Crippen molar-refractivity contribution in [1.29, 1.82) is 0 Å². The maximum absolute atomic E-state index is 5.79. The lowest BCUT2D eigenvalue weighted by atomic mass is 10.1. The monoisotopic (exact) mass is 251 g/mol. The first kappa shape index (κ1) is 10.8. The molecule has 17 heavy (non-hydrogen) atoms. The summed E-state index contributed by atoms with van der Waals surface area (Å²) in [5.74, 6) is 2.38. The summed E-state index contributed by atoms with van der Waals surface area (Å²) in [5, 5.41) is 0. The van der Waals surface area contributed by atoms with E-state index in [1.54, 1.807) is 12.7 Å². The van der Waals surface area contributed by atoms with Gasteiger partial charge in [-0.25, -0.2) is 15.0 Å². The molecular weight excluding hydrogens is 238 g/mol. The zero-order chi connectivity index (χ0) is 11.7. The Morgan fingerprint density at radius 1 is 1.41 bits per heavy atom. The number of H-pyrrole nitrogens is 1.